The van der Waals surface area contributed by atoms with E-state index in [1.165, 1.54) is 7.11 Å². The molecular weight excluding hydrogens is 391 g/mol. The number of aromatic nitrogens is 2. The van der Waals surface area contributed by atoms with Crippen molar-refractivity contribution in [3.63, 3.8) is 0 Å². The number of ether oxygens (including phenoxy) is 3. The minimum Gasteiger partial charge on any atom is -0.493 e. The van der Waals surface area contributed by atoms with Crippen molar-refractivity contribution in [3.05, 3.63) is 42.2 Å². The number of carbonyl (C=O) groups is 1. The number of halogens is 3. The molecule has 1 aromatic carbocycles. The van der Waals surface area contributed by atoms with E-state index in [-0.39, 0.29) is 25.1 Å². The van der Waals surface area contributed by atoms with Gasteiger partial charge in [0.25, 0.3) is 5.91 Å². The van der Waals surface area contributed by atoms with Crippen molar-refractivity contribution in [3.8, 4) is 17.5 Å². The van der Waals surface area contributed by atoms with E-state index in [1.807, 2.05) is 0 Å². The molecule has 0 saturated carbocycles. The first-order chi connectivity index (χ1) is 13.9. The van der Waals surface area contributed by atoms with Crippen molar-refractivity contribution in [1.29, 1.82) is 0 Å². The van der Waals surface area contributed by atoms with Gasteiger partial charge in [-0.25, -0.2) is 4.98 Å². The van der Waals surface area contributed by atoms with Crippen LogP contribution >= 0.6 is 0 Å². The maximum Gasteiger partial charge on any atom is 0.433 e. The standard InChI is InChI=1S/C19H20F3N3O4/c1-27-14-6-2-3-7-15(14)28-12-17(26)25-10-4-5-13(11-25)29-18-23-9-8-16(24-18)19(20,21)22/h2-3,6-9,13H,4-5,10-12H2,1H3. The summed E-state index contributed by atoms with van der Waals surface area (Å²) in [5, 5.41) is 0. The number of alkyl halides is 3. The number of hydrogen-bond acceptors (Lipinski definition) is 6. The molecule has 2 aromatic rings. The Morgan fingerprint density at radius 1 is 1.24 bits per heavy atom. The van der Waals surface area contributed by atoms with Gasteiger partial charge in [-0.1, -0.05) is 12.1 Å². The molecule has 7 nitrogen and oxygen atoms in total. The molecular formula is C19H20F3N3O4. The number of benzene rings is 1. The van der Waals surface area contributed by atoms with Crippen molar-refractivity contribution in [2.45, 2.75) is 25.1 Å². The molecule has 0 N–H and O–H groups in total. The smallest absolute Gasteiger partial charge is 0.433 e. The Labute approximate surface area is 165 Å². The maximum atomic E-state index is 12.8. The molecule has 1 unspecified atom stereocenters. The number of nitrogens with zero attached hydrogens (tertiary/aromatic N) is 3. The van der Waals surface area contributed by atoms with E-state index in [9.17, 15) is 18.0 Å². The first kappa shape index (κ1) is 20.7. The summed E-state index contributed by atoms with van der Waals surface area (Å²) in [5.74, 6) is 0.710. The quantitative estimate of drug-likeness (QED) is 0.728. The van der Waals surface area contributed by atoms with Gasteiger partial charge < -0.3 is 19.1 Å². The Hall–Kier alpha value is -3.04. The number of likely N-dealkylation sites (tertiary alicyclic amines) is 1. The average Bonchev–Trinajstić information content (AvgIpc) is 2.72. The summed E-state index contributed by atoms with van der Waals surface area (Å²) in [5.41, 5.74) is -1.07. The number of carbonyl (C=O) groups excluding carboxylic acids is 1. The molecule has 1 fully saturated rings. The van der Waals surface area contributed by atoms with Gasteiger partial charge in [0, 0.05) is 12.7 Å². The third kappa shape index (κ3) is 5.49. The Morgan fingerprint density at radius 2 is 2.00 bits per heavy atom. The number of amides is 1. The molecule has 0 bridgehead atoms. The molecule has 1 saturated heterocycles. The van der Waals surface area contributed by atoms with Crippen LogP contribution in [0, 0.1) is 0 Å². The number of rotatable bonds is 6. The Kier molecular flexibility index (Phi) is 6.40. The second kappa shape index (κ2) is 8.97. The molecule has 10 heteroatoms. The number of hydrogen-bond donors (Lipinski definition) is 0. The van der Waals surface area contributed by atoms with Crippen molar-refractivity contribution >= 4 is 5.91 Å². The molecule has 1 atom stereocenters. The van der Waals surface area contributed by atoms with E-state index in [2.05, 4.69) is 9.97 Å². The average molecular weight is 411 g/mol. The van der Waals surface area contributed by atoms with E-state index >= 15 is 0 Å². The number of para-hydroxylation sites is 2. The van der Waals surface area contributed by atoms with Crippen LogP contribution in [0.25, 0.3) is 0 Å². The molecule has 1 aliphatic rings. The summed E-state index contributed by atoms with van der Waals surface area (Å²) in [6.45, 7) is 0.540. The third-order valence-corrected chi connectivity index (χ3v) is 4.35. The van der Waals surface area contributed by atoms with Gasteiger partial charge in [-0.05, 0) is 31.0 Å². The maximum absolute atomic E-state index is 12.8. The van der Waals surface area contributed by atoms with Gasteiger partial charge in [-0.2, -0.15) is 18.2 Å². The van der Waals surface area contributed by atoms with Crippen LogP contribution in [0.1, 0.15) is 18.5 Å². The van der Waals surface area contributed by atoms with E-state index in [0.717, 1.165) is 12.3 Å². The van der Waals surface area contributed by atoms with Crippen molar-refractivity contribution in [1.82, 2.24) is 14.9 Å². The van der Waals surface area contributed by atoms with Crippen LogP contribution in [0.15, 0.2) is 36.5 Å². The summed E-state index contributed by atoms with van der Waals surface area (Å²) in [4.78, 5) is 21.2. The first-order valence-corrected chi connectivity index (χ1v) is 8.97. The molecule has 0 spiro atoms. The minimum absolute atomic E-state index is 0.187. The summed E-state index contributed by atoms with van der Waals surface area (Å²) >= 11 is 0. The molecule has 0 aliphatic carbocycles. The predicted octanol–water partition coefficient (Wildman–Crippen LogP) is 2.95. The van der Waals surface area contributed by atoms with Crippen LogP contribution in [0.5, 0.6) is 17.5 Å². The fraction of sp³-hybridized carbons (Fsp3) is 0.421. The van der Waals surface area contributed by atoms with Crippen LogP contribution in [0.2, 0.25) is 0 Å². The van der Waals surface area contributed by atoms with Crippen molar-refractivity contribution in [2.24, 2.45) is 0 Å². The van der Waals surface area contributed by atoms with Gasteiger partial charge in [0.1, 0.15) is 6.10 Å². The third-order valence-electron chi connectivity index (χ3n) is 4.35. The number of piperidine rings is 1. The zero-order valence-corrected chi connectivity index (χ0v) is 15.7. The van der Waals surface area contributed by atoms with Crippen LogP contribution in [0.4, 0.5) is 13.2 Å². The van der Waals surface area contributed by atoms with Crippen molar-refractivity contribution < 1.29 is 32.2 Å². The normalized spacial score (nSPS) is 17.0. The second-order valence-electron chi connectivity index (χ2n) is 6.38. The molecule has 156 valence electrons. The van der Waals surface area contributed by atoms with Gasteiger partial charge in [0.15, 0.2) is 23.8 Å². The van der Waals surface area contributed by atoms with Gasteiger partial charge in [-0.3, -0.25) is 4.79 Å². The van der Waals surface area contributed by atoms with Crippen molar-refractivity contribution in [2.75, 3.05) is 26.8 Å². The fourth-order valence-corrected chi connectivity index (χ4v) is 2.93. The topological polar surface area (TPSA) is 73.8 Å². The second-order valence-corrected chi connectivity index (χ2v) is 6.38. The van der Waals surface area contributed by atoms with Crippen LogP contribution < -0.4 is 14.2 Å². The summed E-state index contributed by atoms with van der Waals surface area (Å²) < 4.78 is 54.5. The highest BCUT2D eigenvalue weighted by Gasteiger charge is 2.33. The Bertz CT molecular complexity index is 847. The van der Waals surface area contributed by atoms with Crippen LogP contribution in [-0.4, -0.2) is 53.7 Å². The zero-order valence-electron chi connectivity index (χ0n) is 15.7. The predicted molar refractivity (Wildman–Crippen MR) is 95.8 cm³/mol. The highest BCUT2D eigenvalue weighted by atomic mass is 19.4. The summed E-state index contributed by atoms with van der Waals surface area (Å²) in [6, 6.07) is 7.39. The van der Waals surface area contributed by atoms with E-state index < -0.39 is 18.0 Å². The Balaban J connectivity index is 1.57. The molecule has 1 amide bonds. The summed E-state index contributed by atoms with van der Waals surface area (Å²) in [6.07, 6.45) is -2.85. The highest BCUT2D eigenvalue weighted by molar-refractivity contribution is 5.78. The van der Waals surface area contributed by atoms with Crippen LogP contribution in [0.3, 0.4) is 0 Å². The van der Waals surface area contributed by atoms with Gasteiger partial charge in [0.2, 0.25) is 0 Å². The van der Waals surface area contributed by atoms with E-state index in [0.29, 0.717) is 30.9 Å². The van der Waals surface area contributed by atoms with Gasteiger partial charge >= 0.3 is 12.2 Å². The lowest BCUT2D eigenvalue weighted by Crippen LogP contribution is -2.46. The lowest BCUT2D eigenvalue weighted by atomic mass is 10.1. The highest BCUT2D eigenvalue weighted by Crippen LogP contribution is 2.28. The molecule has 1 aromatic heterocycles. The van der Waals surface area contributed by atoms with E-state index in [4.69, 9.17) is 14.2 Å². The monoisotopic (exact) mass is 411 g/mol. The lowest BCUT2D eigenvalue weighted by Gasteiger charge is -2.32. The Morgan fingerprint density at radius 3 is 2.72 bits per heavy atom. The molecule has 2 heterocycles. The summed E-state index contributed by atoms with van der Waals surface area (Å²) in [7, 11) is 1.51. The van der Waals surface area contributed by atoms with Crippen LogP contribution in [-0.2, 0) is 11.0 Å². The van der Waals surface area contributed by atoms with Gasteiger partial charge in [-0.15, -0.1) is 0 Å². The van der Waals surface area contributed by atoms with Gasteiger partial charge in [0.05, 0.1) is 13.7 Å². The first-order valence-electron chi connectivity index (χ1n) is 8.97. The molecule has 3 rings (SSSR count). The van der Waals surface area contributed by atoms with E-state index in [1.54, 1.807) is 29.2 Å². The zero-order chi connectivity index (χ0) is 20.9. The molecule has 29 heavy (non-hydrogen) atoms. The largest absolute Gasteiger partial charge is 0.493 e. The number of methoxy groups -OCH3 is 1. The molecule has 0 radical (unpaired) electrons. The minimum atomic E-state index is -4.58. The fourth-order valence-electron chi connectivity index (χ4n) is 2.93. The SMILES string of the molecule is COc1ccccc1OCC(=O)N1CCCC(Oc2nccc(C(F)(F)F)n2)C1. The lowest BCUT2D eigenvalue weighted by molar-refractivity contribution is -0.141. The molecule has 1 aliphatic heterocycles.